The maximum Gasteiger partial charge on any atom is 0.409 e. The van der Waals surface area contributed by atoms with Crippen LogP contribution in [0.5, 0.6) is 0 Å². The van der Waals surface area contributed by atoms with Gasteiger partial charge in [0.2, 0.25) is 0 Å². The van der Waals surface area contributed by atoms with Crippen LogP contribution in [0.4, 0.5) is 4.79 Å². The largest absolute Gasteiger partial charge is 0.449 e. The molecule has 0 bridgehead atoms. The van der Waals surface area contributed by atoms with Gasteiger partial charge in [0.05, 0.1) is 38.5 Å². The molecule has 0 spiro atoms. The second-order valence-corrected chi connectivity index (χ2v) is 9.87. The first-order valence-electron chi connectivity index (χ1n) is 12.3. The molecule has 1 aliphatic heterocycles. The highest BCUT2D eigenvalue weighted by Gasteiger charge is 2.31. The summed E-state index contributed by atoms with van der Waals surface area (Å²) in [5.74, 6) is 0.0116. The molecule has 1 N–H and O–H groups in total. The summed E-state index contributed by atoms with van der Waals surface area (Å²) in [6.07, 6.45) is -0.740. The molecule has 3 rings (SSSR count). The molecule has 35 heavy (non-hydrogen) atoms. The molecule has 0 saturated heterocycles. The molecule has 0 radical (unpaired) electrons. The molecule has 7 nitrogen and oxygen atoms in total. The summed E-state index contributed by atoms with van der Waals surface area (Å²) in [6, 6.07) is 15.1. The second kappa shape index (κ2) is 12.2. The number of hydrogen-bond acceptors (Lipinski definition) is 5. The minimum Gasteiger partial charge on any atom is -0.449 e. The molecule has 1 heterocycles. The summed E-state index contributed by atoms with van der Waals surface area (Å²) in [7, 11) is 1.70. The van der Waals surface area contributed by atoms with Crippen LogP contribution in [0.3, 0.4) is 0 Å². The van der Waals surface area contributed by atoms with E-state index in [0.717, 1.165) is 16.7 Å². The van der Waals surface area contributed by atoms with Crippen molar-refractivity contribution in [2.45, 2.75) is 46.4 Å². The molecule has 0 saturated carbocycles. The van der Waals surface area contributed by atoms with Crippen molar-refractivity contribution in [3.05, 3.63) is 59.7 Å². The normalized spacial score (nSPS) is 19.4. The fraction of sp³-hybridized carbons (Fsp3) is 0.500. The molecule has 3 atom stereocenters. The molecule has 2 amide bonds. The number of aliphatic hydroxyl groups excluding tert-OH is 1. The van der Waals surface area contributed by atoms with Gasteiger partial charge in [-0.3, -0.25) is 4.79 Å². The van der Waals surface area contributed by atoms with Crippen LogP contribution in [0.1, 0.15) is 43.6 Å². The van der Waals surface area contributed by atoms with E-state index < -0.39 is 6.09 Å². The van der Waals surface area contributed by atoms with Crippen LogP contribution in [-0.2, 0) is 16.1 Å². The molecule has 2 aromatic rings. The Balaban J connectivity index is 1.98. The lowest BCUT2D eigenvalue weighted by Crippen LogP contribution is -2.47. The van der Waals surface area contributed by atoms with Gasteiger partial charge in [-0.25, -0.2) is 4.79 Å². The van der Waals surface area contributed by atoms with Gasteiger partial charge < -0.3 is 24.4 Å². The molecule has 0 aromatic heterocycles. The summed E-state index contributed by atoms with van der Waals surface area (Å²) >= 11 is 0. The number of rotatable bonds is 6. The molecule has 190 valence electrons. The zero-order valence-electron chi connectivity index (χ0n) is 21.4. The SMILES string of the molecule is CC(C)COC(=O)N(C)C[C@@H]1OCc2ccccc2-c2ccccc2C(=O)N([C@@H](C)CO)C[C@@H]1C. The van der Waals surface area contributed by atoms with Crippen LogP contribution in [0.15, 0.2) is 48.5 Å². The van der Waals surface area contributed by atoms with Gasteiger partial charge >= 0.3 is 6.09 Å². The lowest BCUT2D eigenvalue weighted by molar-refractivity contribution is -0.0234. The van der Waals surface area contributed by atoms with Crippen molar-refractivity contribution in [3.8, 4) is 11.1 Å². The molecule has 7 heteroatoms. The second-order valence-electron chi connectivity index (χ2n) is 9.87. The maximum atomic E-state index is 13.8. The average Bonchev–Trinajstić information content (AvgIpc) is 2.88. The van der Waals surface area contributed by atoms with Gasteiger partial charge in [0, 0.05) is 25.1 Å². The molecule has 1 aliphatic rings. The van der Waals surface area contributed by atoms with Crippen LogP contribution >= 0.6 is 0 Å². The highest BCUT2D eigenvalue weighted by Crippen LogP contribution is 2.31. The van der Waals surface area contributed by atoms with E-state index in [4.69, 9.17) is 9.47 Å². The number of aliphatic hydroxyl groups is 1. The fourth-order valence-corrected chi connectivity index (χ4v) is 4.24. The third kappa shape index (κ3) is 6.61. The number of fused-ring (bicyclic) bond motifs is 3. The fourth-order valence-electron chi connectivity index (χ4n) is 4.24. The van der Waals surface area contributed by atoms with Crippen LogP contribution in [-0.4, -0.2) is 72.4 Å². The minimum absolute atomic E-state index is 0.106. The first-order valence-corrected chi connectivity index (χ1v) is 12.3. The monoisotopic (exact) mass is 482 g/mol. The number of carbonyl (C=O) groups is 2. The molecule has 2 aromatic carbocycles. The summed E-state index contributed by atoms with van der Waals surface area (Å²) in [4.78, 5) is 29.6. The van der Waals surface area contributed by atoms with Crippen LogP contribution in [0.25, 0.3) is 11.1 Å². The number of nitrogens with zero attached hydrogens (tertiary/aromatic N) is 2. The number of carbonyl (C=O) groups excluding carboxylic acids is 2. The van der Waals surface area contributed by atoms with Crippen LogP contribution < -0.4 is 0 Å². The van der Waals surface area contributed by atoms with Crippen LogP contribution in [0, 0.1) is 11.8 Å². The molecular weight excluding hydrogens is 444 g/mol. The number of likely N-dealkylation sites (N-methyl/N-ethyl adjacent to an activating group) is 1. The average molecular weight is 483 g/mol. The quantitative estimate of drug-likeness (QED) is 0.659. The Hall–Kier alpha value is -2.90. The summed E-state index contributed by atoms with van der Waals surface area (Å²) in [6.45, 7) is 9.09. The van der Waals surface area contributed by atoms with Gasteiger partial charge in [-0.2, -0.15) is 0 Å². The van der Waals surface area contributed by atoms with Crippen molar-refractivity contribution in [2.75, 3.05) is 33.4 Å². The van der Waals surface area contributed by atoms with Crippen molar-refractivity contribution >= 4 is 12.0 Å². The van der Waals surface area contributed by atoms with Crippen LogP contribution in [0.2, 0.25) is 0 Å². The lowest BCUT2D eigenvalue weighted by atomic mass is 9.94. The Morgan fingerprint density at radius 2 is 1.74 bits per heavy atom. The highest BCUT2D eigenvalue weighted by molar-refractivity contribution is 6.01. The highest BCUT2D eigenvalue weighted by atomic mass is 16.6. The van der Waals surface area contributed by atoms with Crippen molar-refractivity contribution < 1.29 is 24.2 Å². The molecular formula is C28H38N2O5. The maximum absolute atomic E-state index is 13.8. The smallest absolute Gasteiger partial charge is 0.409 e. The van der Waals surface area contributed by atoms with E-state index in [2.05, 4.69) is 0 Å². The van der Waals surface area contributed by atoms with Crippen molar-refractivity contribution in [2.24, 2.45) is 11.8 Å². The molecule has 0 aliphatic carbocycles. The first-order chi connectivity index (χ1) is 16.7. The predicted octanol–water partition coefficient (Wildman–Crippen LogP) is 4.44. The number of amides is 2. The predicted molar refractivity (Wildman–Crippen MR) is 136 cm³/mol. The van der Waals surface area contributed by atoms with Crippen molar-refractivity contribution in [3.63, 3.8) is 0 Å². The Morgan fingerprint density at radius 3 is 2.40 bits per heavy atom. The van der Waals surface area contributed by atoms with Gasteiger partial charge in [0.1, 0.15) is 0 Å². The van der Waals surface area contributed by atoms with E-state index in [1.807, 2.05) is 76.2 Å². The van der Waals surface area contributed by atoms with E-state index in [-0.39, 0.29) is 36.5 Å². The van der Waals surface area contributed by atoms with E-state index in [1.54, 1.807) is 11.9 Å². The van der Waals surface area contributed by atoms with Gasteiger partial charge in [0.25, 0.3) is 5.91 Å². The van der Waals surface area contributed by atoms with Crippen molar-refractivity contribution in [1.82, 2.24) is 9.80 Å². The van der Waals surface area contributed by atoms with E-state index in [9.17, 15) is 14.7 Å². The van der Waals surface area contributed by atoms with Crippen molar-refractivity contribution in [1.29, 1.82) is 0 Å². The van der Waals surface area contributed by atoms with Gasteiger partial charge in [-0.1, -0.05) is 63.2 Å². The Morgan fingerprint density at radius 1 is 1.11 bits per heavy atom. The number of benzene rings is 2. The van der Waals surface area contributed by atoms with E-state index >= 15 is 0 Å². The Bertz CT molecular complexity index is 1010. The first kappa shape index (κ1) is 26.7. The molecule has 0 fully saturated rings. The van der Waals surface area contributed by atoms with Gasteiger partial charge in [-0.05, 0) is 35.6 Å². The van der Waals surface area contributed by atoms with E-state index in [0.29, 0.717) is 31.9 Å². The Kier molecular flexibility index (Phi) is 9.29. The standard InChI is InChI=1S/C28H38N2O5/c1-19(2)17-35-28(33)29(5)15-26-20(3)14-30(21(4)16-31)27(32)25-13-9-8-12-24(25)23-11-7-6-10-22(23)18-34-26/h6-13,19-21,26,31H,14-18H2,1-5H3/t20-,21-,26-/m0/s1. The minimum atomic E-state index is -0.395. The lowest BCUT2D eigenvalue weighted by Gasteiger charge is -2.35. The number of ether oxygens (including phenoxy) is 2. The Labute approximate surface area is 208 Å². The molecule has 0 unspecified atom stereocenters. The van der Waals surface area contributed by atoms with Gasteiger partial charge in [0.15, 0.2) is 0 Å². The zero-order valence-corrected chi connectivity index (χ0v) is 21.4. The summed E-state index contributed by atoms with van der Waals surface area (Å²) in [5.41, 5.74) is 3.34. The summed E-state index contributed by atoms with van der Waals surface area (Å²) in [5, 5.41) is 9.93. The topological polar surface area (TPSA) is 79.3 Å². The summed E-state index contributed by atoms with van der Waals surface area (Å²) < 4.78 is 11.8. The van der Waals surface area contributed by atoms with Gasteiger partial charge in [-0.15, -0.1) is 0 Å². The number of hydrogen-bond donors (Lipinski definition) is 1. The third-order valence-electron chi connectivity index (χ3n) is 6.40. The van der Waals surface area contributed by atoms with E-state index in [1.165, 1.54) is 4.90 Å². The zero-order chi connectivity index (χ0) is 25.5. The third-order valence-corrected chi connectivity index (χ3v) is 6.40.